The Kier molecular flexibility index (Phi) is 24.5. The van der Waals surface area contributed by atoms with Crippen LogP contribution in [-0.4, -0.2) is 134 Å². The van der Waals surface area contributed by atoms with E-state index in [-0.39, 0.29) is 39.0 Å². The van der Waals surface area contributed by atoms with Crippen molar-refractivity contribution in [3.05, 3.63) is 0 Å². The Morgan fingerprint density at radius 2 is 0.375 bits per heavy atom. The summed E-state index contributed by atoms with van der Waals surface area (Å²) in [6.45, 7) is 0. The molecule has 0 bridgehead atoms. The van der Waals surface area contributed by atoms with Gasteiger partial charge in [-0.05, 0) is 0 Å². The summed E-state index contributed by atoms with van der Waals surface area (Å²) in [7, 11) is 0. The predicted molar refractivity (Wildman–Crippen MR) is 81.9 cm³/mol. The molecule has 190 valence electrons. The van der Waals surface area contributed by atoms with Crippen LogP contribution in [0.5, 0.6) is 0 Å². The van der Waals surface area contributed by atoms with Crippen molar-refractivity contribution in [2.75, 3.05) is 0 Å². The second kappa shape index (κ2) is 19.5. The maximum Gasteiger partial charge on any atom is 0.335 e. The van der Waals surface area contributed by atoms with E-state index < -0.39 is 72.4 Å². The minimum Gasteiger partial charge on any atom is -0.479 e. The van der Waals surface area contributed by atoms with Crippen LogP contribution in [0.2, 0.25) is 0 Å². The molecule has 0 aromatic rings. The number of rotatable bonds is 9. The zero-order valence-corrected chi connectivity index (χ0v) is 18.5. The molecule has 0 amide bonds. The third-order valence-electron chi connectivity index (χ3n) is 2.42. The number of aliphatic hydroxyl groups is 6. The van der Waals surface area contributed by atoms with Crippen molar-refractivity contribution in [2.24, 2.45) is 0 Å². The Hall–Kier alpha value is -2.17. The maximum absolute atomic E-state index is 9.77. The fourth-order valence-corrected chi connectivity index (χ4v) is 0.810. The summed E-state index contributed by atoms with van der Waals surface area (Å²) in [6.07, 6.45) is -13.6. The van der Waals surface area contributed by atoms with Crippen molar-refractivity contribution < 1.29 is 129 Å². The fraction of sp³-hybridized carbons (Fsp3) is 0.500. The van der Waals surface area contributed by atoms with Crippen LogP contribution in [0.3, 0.4) is 0 Å². The van der Waals surface area contributed by atoms with Crippen LogP contribution in [0.25, 0.3) is 0 Å². The first-order valence-corrected chi connectivity index (χ1v) is 6.85. The van der Waals surface area contributed by atoms with Gasteiger partial charge in [0.05, 0.1) is 0 Å². The first-order chi connectivity index (χ1) is 13.4. The molecule has 6 unspecified atom stereocenters. The molecule has 0 spiro atoms. The van der Waals surface area contributed by atoms with Crippen molar-refractivity contribution in [3.63, 3.8) is 0 Å². The minimum atomic E-state index is -2.27. The number of carbonyl (C=O) groups is 6. The average molecular weight is 652 g/mol. The molecule has 20 heteroatoms. The topological polar surface area (TPSA) is 345 Å². The molecule has 0 aromatic carbocycles. The third kappa shape index (κ3) is 17.5. The van der Waals surface area contributed by atoms with Crippen LogP contribution in [0.15, 0.2) is 0 Å². The Morgan fingerprint density at radius 3 is 0.406 bits per heavy atom. The van der Waals surface area contributed by atoms with Gasteiger partial charge in [-0.1, -0.05) is 0 Å². The van der Waals surface area contributed by atoms with E-state index in [1.807, 2.05) is 0 Å². The smallest absolute Gasteiger partial charge is 0.335 e. The molecule has 0 radical (unpaired) electrons. The van der Waals surface area contributed by atoms with Gasteiger partial charge < -0.3 is 61.3 Å². The zero-order chi connectivity index (χ0) is 24.9. The molecule has 12 N–H and O–H groups in total. The van der Waals surface area contributed by atoms with Gasteiger partial charge in [0.2, 0.25) is 0 Å². The van der Waals surface area contributed by atoms with Crippen LogP contribution >= 0.6 is 0 Å². The molecule has 0 heterocycles. The number of carboxylic acid groups (broad SMARTS) is 6. The molecule has 0 saturated carbocycles. The summed E-state index contributed by atoms with van der Waals surface area (Å²) in [5.41, 5.74) is 0. The van der Waals surface area contributed by atoms with E-state index in [2.05, 4.69) is 0 Å². The van der Waals surface area contributed by atoms with Gasteiger partial charge in [-0.25, -0.2) is 28.8 Å². The van der Waals surface area contributed by atoms with Crippen molar-refractivity contribution in [3.8, 4) is 0 Å². The zero-order valence-electron chi connectivity index (χ0n) is 15.0. The van der Waals surface area contributed by atoms with Gasteiger partial charge in [0.1, 0.15) is 0 Å². The number of aliphatic hydroxyl groups excluding tert-OH is 6. The Bertz CT molecular complexity index is 498. The molecule has 0 saturated heterocycles. The molecule has 0 aliphatic rings. The first kappa shape index (κ1) is 40.2. The number of carboxylic acids is 6. The van der Waals surface area contributed by atoms with E-state index in [1.54, 1.807) is 0 Å². The van der Waals surface area contributed by atoms with Gasteiger partial charge in [-0.15, -0.1) is 0 Å². The molecule has 0 aromatic heterocycles. The van der Waals surface area contributed by atoms with E-state index in [1.165, 1.54) is 0 Å². The summed E-state index contributed by atoms with van der Waals surface area (Å²) in [5.74, 6) is -10.6. The van der Waals surface area contributed by atoms with Crippen LogP contribution in [0.1, 0.15) is 0 Å². The molecule has 0 aliphatic heterocycles. The third-order valence-corrected chi connectivity index (χ3v) is 2.42. The second-order valence-corrected chi connectivity index (χ2v) is 4.70. The number of aliphatic carboxylic acids is 6. The van der Waals surface area contributed by atoms with E-state index in [4.69, 9.17) is 61.3 Å². The molecule has 0 rings (SSSR count). The van der Waals surface area contributed by atoms with Crippen LogP contribution in [-0.2, 0) is 67.7 Å². The molecule has 0 aliphatic carbocycles. The Balaban J connectivity index is -0.000000110. The minimum absolute atomic E-state index is 0. The second-order valence-electron chi connectivity index (χ2n) is 4.70. The van der Waals surface area contributed by atoms with Crippen molar-refractivity contribution in [2.45, 2.75) is 36.6 Å². The molecule has 6 atom stereocenters. The van der Waals surface area contributed by atoms with Gasteiger partial charge in [0, 0.05) is 39.0 Å². The molecule has 32 heavy (non-hydrogen) atoms. The summed E-state index contributed by atoms with van der Waals surface area (Å²) in [4.78, 5) is 58.6. The van der Waals surface area contributed by atoms with Gasteiger partial charge >= 0.3 is 35.8 Å². The average Bonchev–Trinajstić information content (AvgIpc) is 2.64. The standard InChI is InChI=1S/3C4H6O6.2Ru/c3*5-1(3(7)8)2(6)4(9)10;;/h3*1-2,5-6H,(H,7,8)(H,9,10);;. The van der Waals surface area contributed by atoms with E-state index in [9.17, 15) is 28.8 Å². The van der Waals surface area contributed by atoms with Crippen LogP contribution in [0.4, 0.5) is 0 Å². The normalized spacial score (nSPS) is 14.8. The van der Waals surface area contributed by atoms with Gasteiger partial charge in [-0.2, -0.15) is 0 Å². The number of hydrogen-bond acceptors (Lipinski definition) is 12. The summed E-state index contributed by atoms with van der Waals surface area (Å²) in [6, 6.07) is 0. The van der Waals surface area contributed by atoms with Gasteiger partial charge in [0.15, 0.2) is 36.6 Å². The summed E-state index contributed by atoms with van der Waals surface area (Å²) >= 11 is 0. The molecule has 18 nitrogen and oxygen atoms in total. The Labute approximate surface area is 201 Å². The van der Waals surface area contributed by atoms with Crippen LogP contribution in [0, 0.1) is 0 Å². The summed E-state index contributed by atoms with van der Waals surface area (Å²) < 4.78 is 0. The quantitative estimate of drug-likeness (QED) is 0.103. The Morgan fingerprint density at radius 1 is 0.312 bits per heavy atom. The van der Waals surface area contributed by atoms with Gasteiger partial charge in [-0.3, -0.25) is 0 Å². The predicted octanol–water partition coefficient (Wildman–Crippen LogP) is -6.37. The fourth-order valence-electron chi connectivity index (χ4n) is 0.810. The summed E-state index contributed by atoms with van der Waals surface area (Å²) in [5, 5.41) is 97.6. The largest absolute Gasteiger partial charge is 0.479 e. The number of hydrogen-bond donors (Lipinski definition) is 12. The van der Waals surface area contributed by atoms with E-state index in [0.29, 0.717) is 0 Å². The maximum atomic E-state index is 9.77. The molecule has 0 fully saturated rings. The first-order valence-electron chi connectivity index (χ1n) is 6.85. The molecular weight excluding hydrogens is 634 g/mol. The van der Waals surface area contributed by atoms with E-state index >= 15 is 0 Å². The van der Waals surface area contributed by atoms with Crippen LogP contribution < -0.4 is 0 Å². The van der Waals surface area contributed by atoms with Crippen molar-refractivity contribution in [1.82, 2.24) is 0 Å². The van der Waals surface area contributed by atoms with Crippen molar-refractivity contribution in [1.29, 1.82) is 0 Å². The van der Waals surface area contributed by atoms with Gasteiger partial charge in [0.25, 0.3) is 0 Å². The van der Waals surface area contributed by atoms with Crippen molar-refractivity contribution >= 4 is 35.8 Å². The SMILES string of the molecule is O=C(O)C(O)C(O)C(=O)O.O=C(O)C(O)C(O)C(=O)O.O=C(O)C(O)C(O)C(=O)O.[Ru].[Ru]. The molecular formula is C12H18O18Ru2. The monoisotopic (exact) mass is 654 g/mol. The van der Waals surface area contributed by atoms with E-state index in [0.717, 1.165) is 0 Å².